The first-order chi connectivity index (χ1) is 5.22. The summed E-state index contributed by atoms with van der Waals surface area (Å²) in [4.78, 5) is 10.4. The molecule has 0 radical (unpaired) electrons. The SMILES string of the molecule is CCCC(=O)CC.CSSC. The topological polar surface area (TPSA) is 17.1 Å². The summed E-state index contributed by atoms with van der Waals surface area (Å²) >= 11 is 0. The summed E-state index contributed by atoms with van der Waals surface area (Å²) in [7, 11) is 3.55. The maximum Gasteiger partial charge on any atom is 0.132 e. The summed E-state index contributed by atoms with van der Waals surface area (Å²) in [5.41, 5.74) is 0. The Balaban J connectivity index is 0. The normalized spacial score (nSPS) is 8.36. The van der Waals surface area contributed by atoms with Gasteiger partial charge in [-0.15, -0.1) is 0 Å². The van der Waals surface area contributed by atoms with Crippen LogP contribution < -0.4 is 0 Å². The maximum absolute atomic E-state index is 10.4. The summed E-state index contributed by atoms with van der Waals surface area (Å²) in [6, 6.07) is 0. The molecule has 0 saturated heterocycles. The van der Waals surface area contributed by atoms with E-state index in [-0.39, 0.29) is 0 Å². The van der Waals surface area contributed by atoms with Gasteiger partial charge in [-0.05, 0) is 18.9 Å². The summed E-state index contributed by atoms with van der Waals surface area (Å²) in [5, 5.41) is 0. The lowest BCUT2D eigenvalue weighted by Gasteiger charge is -1.87. The molecule has 0 bridgehead atoms. The molecular weight excluding hydrogens is 176 g/mol. The number of rotatable bonds is 4. The average Bonchev–Trinajstić information content (AvgIpc) is 2.05. The Morgan fingerprint density at radius 3 is 1.73 bits per heavy atom. The van der Waals surface area contributed by atoms with Crippen molar-refractivity contribution in [1.29, 1.82) is 0 Å². The Morgan fingerprint density at radius 2 is 1.64 bits per heavy atom. The Hall–Kier alpha value is 0.370. The molecule has 0 saturated carbocycles. The first-order valence-electron chi connectivity index (χ1n) is 3.81. The molecule has 0 aromatic rings. The number of hydrogen-bond acceptors (Lipinski definition) is 3. The van der Waals surface area contributed by atoms with E-state index in [1.54, 1.807) is 21.6 Å². The summed E-state index contributed by atoms with van der Waals surface area (Å²) in [6.07, 6.45) is 6.58. The monoisotopic (exact) mass is 194 g/mol. The van der Waals surface area contributed by atoms with E-state index in [1.165, 1.54) is 0 Å². The highest BCUT2D eigenvalue weighted by Gasteiger charge is 1.91. The molecule has 0 atom stereocenters. The molecule has 0 aliphatic rings. The van der Waals surface area contributed by atoms with Gasteiger partial charge in [-0.2, -0.15) is 0 Å². The Kier molecular flexibility index (Phi) is 16.5. The third-order valence-corrected chi connectivity index (χ3v) is 2.42. The molecule has 0 amide bonds. The van der Waals surface area contributed by atoms with Crippen LogP contribution in [0.1, 0.15) is 33.1 Å². The van der Waals surface area contributed by atoms with Crippen molar-refractivity contribution in [2.75, 3.05) is 12.5 Å². The standard InChI is InChI=1S/C6H12O.C2H6S2/c1-3-5-6(7)4-2;1-3-4-2/h3-5H2,1-2H3;1-2H3. The highest BCUT2D eigenvalue weighted by molar-refractivity contribution is 8.76. The lowest BCUT2D eigenvalue weighted by atomic mass is 10.2. The number of Topliss-reactive ketones (excluding diaryl/α,β-unsaturated/α-hetero) is 1. The molecule has 0 unspecified atom stereocenters. The molecule has 0 fully saturated rings. The van der Waals surface area contributed by atoms with Crippen LogP contribution in [0.25, 0.3) is 0 Å². The second-order valence-corrected chi connectivity index (χ2v) is 4.64. The molecule has 0 spiro atoms. The van der Waals surface area contributed by atoms with Gasteiger partial charge in [0.25, 0.3) is 0 Å². The van der Waals surface area contributed by atoms with Crippen LogP contribution in [0, 0.1) is 0 Å². The molecule has 68 valence electrons. The van der Waals surface area contributed by atoms with E-state index in [4.69, 9.17) is 0 Å². The fraction of sp³-hybridized carbons (Fsp3) is 0.875. The van der Waals surface area contributed by atoms with E-state index in [2.05, 4.69) is 12.5 Å². The third-order valence-electron chi connectivity index (χ3n) is 1.09. The van der Waals surface area contributed by atoms with E-state index in [0.717, 1.165) is 12.8 Å². The number of ketones is 1. The van der Waals surface area contributed by atoms with E-state index < -0.39 is 0 Å². The first kappa shape index (κ1) is 13.9. The van der Waals surface area contributed by atoms with Gasteiger partial charge in [0.15, 0.2) is 0 Å². The predicted molar refractivity (Wildman–Crippen MR) is 57.2 cm³/mol. The zero-order chi connectivity index (χ0) is 9.11. The van der Waals surface area contributed by atoms with Gasteiger partial charge in [0, 0.05) is 12.8 Å². The quantitative estimate of drug-likeness (QED) is 0.639. The van der Waals surface area contributed by atoms with Crippen molar-refractivity contribution in [3.63, 3.8) is 0 Å². The molecule has 0 aromatic carbocycles. The molecular formula is C8H18OS2. The van der Waals surface area contributed by atoms with E-state index in [1.807, 2.05) is 13.8 Å². The van der Waals surface area contributed by atoms with Gasteiger partial charge in [-0.1, -0.05) is 35.4 Å². The van der Waals surface area contributed by atoms with Crippen LogP contribution in [-0.4, -0.2) is 18.3 Å². The lowest BCUT2D eigenvalue weighted by molar-refractivity contribution is -0.118. The van der Waals surface area contributed by atoms with E-state index >= 15 is 0 Å². The van der Waals surface area contributed by atoms with Crippen LogP contribution in [-0.2, 0) is 4.79 Å². The molecule has 1 nitrogen and oxygen atoms in total. The maximum atomic E-state index is 10.4. The van der Waals surface area contributed by atoms with Crippen molar-refractivity contribution in [3.8, 4) is 0 Å². The minimum Gasteiger partial charge on any atom is -0.300 e. The minimum atomic E-state index is 0.377. The highest BCUT2D eigenvalue weighted by atomic mass is 33.1. The van der Waals surface area contributed by atoms with Crippen LogP contribution in [0.15, 0.2) is 0 Å². The van der Waals surface area contributed by atoms with Crippen LogP contribution in [0.5, 0.6) is 0 Å². The van der Waals surface area contributed by atoms with Crippen molar-refractivity contribution in [3.05, 3.63) is 0 Å². The number of carbonyl (C=O) groups is 1. The second-order valence-electron chi connectivity index (χ2n) is 1.98. The Bertz CT molecular complexity index is 82.2. The lowest BCUT2D eigenvalue weighted by Crippen LogP contribution is -1.91. The summed E-state index contributed by atoms with van der Waals surface area (Å²) in [6.45, 7) is 3.92. The van der Waals surface area contributed by atoms with Gasteiger partial charge >= 0.3 is 0 Å². The number of hydrogen-bond donors (Lipinski definition) is 0. The minimum absolute atomic E-state index is 0.377. The highest BCUT2D eigenvalue weighted by Crippen LogP contribution is 2.09. The molecule has 0 N–H and O–H groups in total. The van der Waals surface area contributed by atoms with Gasteiger partial charge in [0.1, 0.15) is 5.78 Å². The predicted octanol–water partition coefficient (Wildman–Crippen LogP) is 3.39. The van der Waals surface area contributed by atoms with Crippen molar-refractivity contribution in [1.82, 2.24) is 0 Å². The van der Waals surface area contributed by atoms with Crippen LogP contribution in [0.2, 0.25) is 0 Å². The van der Waals surface area contributed by atoms with Gasteiger partial charge in [-0.3, -0.25) is 4.79 Å². The van der Waals surface area contributed by atoms with Crippen LogP contribution >= 0.6 is 21.6 Å². The fourth-order valence-electron chi connectivity index (χ4n) is 0.456. The van der Waals surface area contributed by atoms with Gasteiger partial charge < -0.3 is 0 Å². The Labute approximate surface area is 78.1 Å². The molecule has 11 heavy (non-hydrogen) atoms. The van der Waals surface area contributed by atoms with Crippen molar-refractivity contribution >= 4 is 27.4 Å². The summed E-state index contributed by atoms with van der Waals surface area (Å²) in [5.74, 6) is 0.377. The second kappa shape index (κ2) is 13.0. The van der Waals surface area contributed by atoms with Crippen molar-refractivity contribution in [2.45, 2.75) is 33.1 Å². The molecule has 3 heteroatoms. The fourth-order valence-corrected chi connectivity index (χ4v) is 0.456. The molecule has 0 heterocycles. The van der Waals surface area contributed by atoms with Crippen molar-refractivity contribution < 1.29 is 4.79 Å². The first-order valence-corrected chi connectivity index (χ1v) is 6.77. The molecule has 0 rings (SSSR count). The molecule has 0 aliphatic carbocycles. The van der Waals surface area contributed by atoms with Gasteiger partial charge in [-0.25, -0.2) is 0 Å². The zero-order valence-corrected chi connectivity index (χ0v) is 9.48. The van der Waals surface area contributed by atoms with Crippen LogP contribution in [0.4, 0.5) is 0 Å². The van der Waals surface area contributed by atoms with E-state index in [9.17, 15) is 4.79 Å². The van der Waals surface area contributed by atoms with E-state index in [0.29, 0.717) is 12.2 Å². The smallest absolute Gasteiger partial charge is 0.132 e. The van der Waals surface area contributed by atoms with Crippen LogP contribution in [0.3, 0.4) is 0 Å². The molecule has 0 aromatic heterocycles. The molecule has 0 aliphatic heterocycles. The van der Waals surface area contributed by atoms with Crippen molar-refractivity contribution in [2.24, 2.45) is 0 Å². The van der Waals surface area contributed by atoms with Gasteiger partial charge in [0.05, 0.1) is 0 Å². The summed E-state index contributed by atoms with van der Waals surface area (Å²) < 4.78 is 0. The number of carbonyl (C=O) groups excluding carboxylic acids is 1. The average molecular weight is 194 g/mol. The van der Waals surface area contributed by atoms with Gasteiger partial charge in [0.2, 0.25) is 0 Å². The largest absolute Gasteiger partial charge is 0.300 e. The zero-order valence-electron chi connectivity index (χ0n) is 7.85. The Morgan fingerprint density at radius 1 is 1.18 bits per heavy atom. The third kappa shape index (κ3) is 17.9.